The van der Waals surface area contributed by atoms with E-state index in [0.29, 0.717) is 0 Å². The summed E-state index contributed by atoms with van der Waals surface area (Å²) in [5.74, 6) is -26.7. The van der Waals surface area contributed by atoms with Crippen molar-refractivity contribution in [2.75, 3.05) is 7.11 Å². The summed E-state index contributed by atoms with van der Waals surface area (Å²) in [5, 5.41) is 0. The molecule has 222 valence electrons. The highest BCUT2D eigenvalue weighted by Gasteiger charge is 3.00. The van der Waals surface area contributed by atoms with E-state index < -0.39 is 78.1 Å². The molecular weight excluding hydrogens is 608 g/mol. The molecule has 0 amide bonds. The van der Waals surface area contributed by atoms with Gasteiger partial charge in [0.15, 0.2) is 0 Å². The molecule has 0 spiro atoms. The Kier molecular flexibility index (Phi) is 7.16. The third kappa shape index (κ3) is 3.79. The lowest BCUT2D eigenvalue weighted by molar-refractivity contribution is -0.601. The molecule has 1 aliphatic rings. The van der Waals surface area contributed by atoms with Crippen LogP contribution in [0.4, 0.5) is 96.6 Å². The predicted octanol–water partition coefficient (Wildman–Crippen LogP) is 6.70. The molecular formula is C12H3F22NO2. The number of morpholine rings is 1. The minimum Gasteiger partial charge on any atom is -0.361 e. The van der Waals surface area contributed by atoms with E-state index in [1.165, 1.54) is 4.74 Å². The van der Waals surface area contributed by atoms with Crippen LogP contribution in [0.15, 0.2) is 0 Å². The molecule has 0 N–H and O–H groups in total. The predicted molar refractivity (Wildman–Crippen MR) is 64.3 cm³/mol. The van der Waals surface area contributed by atoms with Crippen molar-refractivity contribution in [2.45, 2.75) is 66.1 Å². The first-order valence-electron chi connectivity index (χ1n) is 7.85. The number of hydrogen-bond acceptors (Lipinski definition) is 3. The number of rotatable bonds is 6. The topological polar surface area (TPSA) is 21.7 Å². The van der Waals surface area contributed by atoms with E-state index in [2.05, 4.69) is 4.74 Å². The number of alkyl halides is 22. The van der Waals surface area contributed by atoms with E-state index in [9.17, 15) is 96.6 Å². The number of nitrogens with zero attached hydrogens (tertiary/aromatic N) is 1. The van der Waals surface area contributed by atoms with Crippen LogP contribution in [0, 0.1) is 0 Å². The zero-order chi connectivity index (χ0) is 30.5. The minimum absolute atomic E-state index is 1.47. The molecule has 1 fully saturated rings. The van der Waals surface area contributed by atoms with E-state index in [1.54, 1.807) is 0 Å². The van der Waals surface area contributed by atoms with Gasteiger partial charge in [-0.2, -0.15) is 96.6 Å². The first kappa shape index (κ1) is 33.4. The highest BCUT2D eigenvalue weighted by molar-refractivity contribution is 5.22. The molecule has 1 aliphatic heterocycles. The van der Waals surface area contributed by atoms with Gasteiger partial charge in [0.25, 0.3) is 5.60 Å². The van der Waals surface area contributed by atoms with Gasteiger partial charge in [0, 0.05) is 7.11 Å². The molecule has 1 heterocycles. The molecule has 0 atom stereocenters. The van der Waals surface area contributed by atoms with Gasteiger partial charge < -0.3 is 4.74 Å². The summed E-state index contributed by atoms with van der Waals surface area (Å²) in [6.45, 7) is 0. The summed E-state index contributed by atoms with van der Waals surface area (Å²) in [4.78, 5) is -4.84. The Morgan fingerprint density at radius 1 is 0.514 bits per heavy atom. The van der Waals surface area contributed by atoms with E-state index in [4.69, 9.17) is 0 Å². The number of ether oxygens (including phenoxy) is 2. The first-order chi connectivity index (χ1) is 15.6. The molecule has 0 unspecified atom stereocenters. The molecule has 0 aromatic heterocycles. The maximum atomic E-state index is 14.5. The maximum absolute atomic E-state index is 14.5. The van der Waals surface area contributed by atoms with Gasteiger partial charge in [-0.15, -0.1) is 0 Å². The van der Waals surface area contributed by atoms with Gasteiger partial charge in [-0.25, -0.2) is 4.74 Å². The SMILES string of the molecule is COC(C(F)(F)C(F)(F)F)(C(F)(F)C(F)(F)F)C(F)(F)C(F)(F)N1C(F)(F)C(F)(F)OC(F)(F)C1(F)F. The van der Waals surface area contributed by atoms with Gasteiger partial charge in [-0.1, -0.05) is 4.90 Å². The average Bonchev–Trinajstić information content (AvgIpc) is 2.56. The third-order valence-corrected chi connectivity index (χ3v) is 4.52. The van der Waals surface area contributed by atoms with Crippen LogP contribution in [0.5, 0.6) is 0 Å². The molecule has 0 saturated carbocycles. The molecule has 0 aliphatic carbocycles. The monoisotopic (exact) mass is 611 g/mol. The van der Waals surface area contributed by atoms with Gasteiger partial charge in [0.1, 0.15) is 0 Å². The van der Waals surface area contributed by atoms with Crippen molar-refractivity contribution in [2.24, 2.45) is 0 Å². The van der Waals surface area contributed by atoms with Crippen LogP contribution >= 0.6 is 0 Å². The van der Waals surface area contributed by atoms with Crippen molar-refractivity contribution in [3.8, 4) is 0 Å². The number of methoxy groups -OCH3 is 1. The molecule has 3 nitrogen and oxygen atoms in total. The van der Waals surface area contributed by atoms with Crippen molar-refractivity contribution in [1.82, 2.24) is 4.90 Å². The van der Waals surface area contributed by atoms with Crippen LogP contribution in [-0.2, 0) is 9.47 Å². The third-order valence-electron chi connectivity index (χ3n) is 4.52. The number of hydrogen-bond donors (Lipinski definition) is 0. The van der Waals surface area contributed by atoms with Crippen molar-refractivity contribution in [3.63, 3.8) is 0 Å². The molecule has 1 saturated heterocycles. The van der Waals surface area contributed by atoms with Crippen LogP contribution in [0.25, 0.3) is 0 Å². The fourth-order valence-corrected chi connectivity index (χ4v) is 2.80. The Labute approximate surface area is 185 Å². The first-order valence-corrected chi connectivity index (χ1v) is 7.85. The summed E-state index contributed by atoms with van der Waals surface area (Å²) in [5.41, 5.74) is -8.66. The second-order valence-corrected chi connectivity index (χ2v) is 6.70. The molecule has 1 rings (SSSR count). The standard InChI is InChI=1S/C12H3F22NO2/c1-36-2(3(13,14)6(19,20)21,4(15,16)7(22,23)24)5(17,18)8(25,26)35-9(27,28)11(31,32)37-12(33,34)10(35,29)30/h1H3. The summed E-state index contributed by atoms with van der Waals surface area (Å²) in [6.07, 6.45) is -31.7. The van der Waals surface area contributed by atoms with Crippen molar-refractivity contribution in [1.29, 1.82) is 0 Å². The van der Waals surface area contributed by atoms with Gasteiger partial charge >= 0.3 is 60.5 Å². The Bertz CT molecular complexity index is 818. The van der Waals surface area contributed by atoms with E-state index in [1.807, 2.05) is 0 Å². The Morgan fingerprint density at radius 3 is 1.00 bits per heavy atom. The van der Waals surface area contributed by atoms with Crippen LogP contribution in [-0.4, -0.2) is 78.1 Å². The van der Waals surface area contributed by atoms with Crippen LogP contribution in [0.3, 0.4) is 0 Å². The number of halogens is 22. The van der Waals surface area contributed by atoms with Gasteiger partial charge in [0.2, 0.25) is 0 Å². The molecule has 0 bridgehead atoms. The Balaban J connectivity index is 4.37. The smallest absolute Gasteiger partial charge is 0.361 e. The minimum atomic E-state index is -9.21. The molecule has 37 heavy (non-hydrogen) atoms. The van der Waals surface area contributed by atoms with E-state index >= 15 is 0 Å². The van der Waals surface area contributed by atoms with Crippen LogP contribution in [0.2, 0.25) is 0 Å². The Morgan fingerprint density at radius 2 is 0.784 bits per heavy atom. The van der Waals surface area contributed by atoms with Crippen molar-refractivity contribution < 1.29 is 106 Å². The fourth-order valence-electron chi connectivity index (χ4n) is 2.80. The van der Waals surface area contributed by atoms with E-state index in [0.717, 1.165) is 0 Å². The normalized spacial score (nSPS) is 23.8. The molecule has 25 heteroatoms. The second kappa shape index (κ2) is 7.94. The second-order valence-electron chi connectivity index (χ2n) is 6.70. The van der Waals surface area contributed by atoms with Crippen LogP contribution < -0.4 is 0 Å². The van der Waals surface area contributed by atoms with E-state index in [-0.39, 0.29) is 0 Å². The summed E-state index contributed by atoms with van der Waals surface area (Å²) in [6, 6.07) is -25.2. The van der Waals surface area contributed by atoms with Crippen molar-refractivity contribution in [3.05, 3.63) is 0 Å². The Hall–Kier alpha value is -1.66. The lowest BCUT2D eigenvalue weighted by Crippen LogP contribution is -2.86. The molecule has 0 aromatic rings. The summed E-state index contributed by atoms with van der Waals surface area (Å²) in [7, 11) is -1.47. The lowest BCUT2D eigenvalue weighted by atomic mass is 9.78. The summed E-state index contributed by atoms with van der Waals surface area (Å²) < 4.78 is 299. The highest BCUT2D eigenvalue weighted by atomic mass is 19.4. The molecule has 0 radical (unpaired) electrons. The highest BCUT2D eigenvalue weighted by Crippen LogP contribution is 2.68. The largest absolute Gasteiger partial charge is 0.456 e. The lowest BCUT2D eigenvalue weighted by Gasteiger charge is -2.54. The summed E-state index contributed by atoms with van der Waals surface area (Å²) >= 11 is 0. The molecule has 0 aromatic carbocycles. The quantitative estimate of drug-likeness (QED) is 0.247. The maximum Gasteiger partial charge on any atom is 0.456 e. The fraction of sp³-hybridized carbons (Fsp3) is 1.00. The zero-order valence-electron chi connectivity index (χ0n) is 16.1. The van der Waals surface area contributed by atoms with Gasteiger partial charge in [-0.05, 0) is 0 Å². The van der Waals surface area contributed by atoms with Crippen molar-refractivity contribution >= 4 is 0 Å². The van der Waals surface area contributed by atoms with Gasteiger partial charge in [-0.3, -0.25) is 0 Å². The van der Waals surface area contributed by atoms with Gasteiger partial charge in [0.05, 0.1) is 0 Å². The average molecular weight is 611 g/mol. The van der Waals surface area contributed by atoms with Crippen LogP contribution in [0.1, 0.15) is 0 Å². The zero-order valence-corrected chi connectivity index (χ0v) is 16.1.